The van der Waals surface area contributed by atoms with E-state index in [0.29, 0.717) is 41.8 Å². The molecule has 1 amide bonds. The Labute approximate surface area is 189 Å². The molecule has 0 spiro atoms. The first-order valence-corrected chi connectivity index (χ1v) is 10.4. The summed E-state index contributed by atoms with van der Waals surface area (Å²) in [4.78, 5) is 28.3. The Kier molecular flexibility index (Phi) is 8.34. The van der Waals surface area contributed by atoms with Gasteiger partial charge in [-0.25, -0.2) is 4.39 Å². The van der Waals surface area contributed by atoms with Gasteiger partial charge in [0.2, 0.25) is 11.7 Å². The first-order valence-electron chi connectivity index (χ1n) is 10.4. The van der Waals surface area contributed by atoms with Gasteiger partial charge in [0, 0.05) is 23.7 Å². The Morgan fingerprint density at radius 2 is 1.76 bits per heavy atom. The maximum Gasteiger partial charge on any atom is 0.306 e. The second-order valence-electron chi connectivity index (χ2n) is 6.76. The van der Waals surface area contributed by atoms with Gasteiger partial charge in [-0.3, -0.25) is 9.59 Å². The molecule has 2 aromatic carbocycles. The van der Waals surface area contributed by atoms with Crippen molar-refractivity contribution in [2.75, 3.05) is 25.1 Å². The van der Waals surface area contributed by atoms with Crippen LogP contribution >= 0.6 is 0 Å². The van der Waals surface area contributed by atoms with Crippen LogP contribution in [0.1, 0.15) is 26.2 Å². The first kappa shape index (κ1) is 23.7. The number of aryl methyl sites for hydroxylation is 1. The Morgan fingerprint density at radius 3 is 2.48 bits per heavy atom. The van der Waals surface area contributed by atoms with Crippen LogP contribution in [0.25, 0.3) is 11.4 Å². The van der Waals surface area contributed by atoms with E-state index in [2.05, 4.69) is 15.5 Å². The van der Waals surface area contributed by atoms with Crippen LogP contribution in [-0.4, -0.2) is 41.8 Å². The molecule has 0 aliphatic carbocycles. The van der Waals surface area contributed by atoms with Crippen molar-refractivity contribution in [1.82, 2.24) is 10.1 Å². The molecule has 0 bridgehead atoms. The average molecular weight is 457 g/mol. The van der Waals surface area contributed by atoms with E-state index in [-0.39, 0.29) is 24.5 Å². The molecule has 3 rings (SSSR count). The molecule has 1 aromatic heterocycles. The molecular weight excluding hydrogens is 433 g/mol. The molecular formula is C23H24FN3O6. The van der Waals surface area contributed by atoms with Gasteiger partial charge in [-0.05, 0) is 50.2 Å². The van der Waals surface area contributed by atoms with E-state index < -0.39 is 18.5 Å². The summed E-state index contributed by atoms with van der Waals surface area (Å²) in [6.07, 6.45) is 0.0983. The van der Waals surface area contributed by atoms with Crippen LogP contribution < -0.4 is 14.8 Å². The van der Waals surface area contributed by atoms with Gasteiger partial charge in [0.1, 0.15) is 5.82 Å². The lowest BCUT2D eigenvalue weighted by Crippen LogP contribution is -2.21. The number of carbonyl (C=O) groups excluding carboxylic acids is 2. The van der Waals surface area contributed by atoms with E-state index in [1.807, 2.05) is 13.8 Å². The number of carbonyl (C=O) groups is 2. The third-order valence-corrected chi connectivity index (χ3v) is 4.30. The molecule has 33 heavy (non-hydrogen) atoms. The lowest BCUT2D eigenvalue weighted by molar-refractivity contribution is -0.147. The minimum absolute atomic E-state index is 0.0458. The molecule has 0 saturated carbocycles. The van der Waals surface area contributed by atoms with Crippen LogP contribution in [0, 0.1) is 5.82 Å². The summed E-state index contributed by atoms with van der Waals surface area (Å²) in [7, 11) is 0. The Morgan fingerprint density at radius 1 is 1.03 bits per heavy atom. The largest absolute Gasteiger partial charge is 0.490 e. The third-order valence-electron chi connectivity index (χ3n) is 4.30. The fourth-order valence-corrected chi connectivity index (χ4v) is 2.83. The molecule has 9 nitrogen and oxygen atoms in total. The predicted octanol–water partition coefficient (Wildman–Crippen LogP) is 3.79. The molecule has 1 heterocycles. The van der Waals surface area contributed by atoms with Gasteiger partial charge in [0.05, 0.1) is 19.6 Å². The fraction of sp³-hybridized carbons (Fsp3) is 0.304. The standard InChI is InChI=1S/C23H24FN3O6/c1-3-30-18-10-9-17(13-19(18)31-4-2)25-20(28)14-32-22(29)12-11-21-26-23(27-33-21)15-5-7-16(24)8-6-15/h5-10,13H,3-4,11-12,14H2,1-2H3,(H,25,28). The highest BCUT2D eigenvalue weighted by atomic mass is 19.1. The second kappa shape index (κ2) is 11.6. The molecule has 174 valence electrons. The molecule has 10 heteroatoms. The highest BCUT2D eigenvalue weighted by Crippen LogP contribution is 2.30. The van der Waals surface area contributed by atoms with Crippen molar-refractivity contribution >= 4 is 17.6 Å². The van der Waals surface area contributed by atoms with Gasteiger partial charge in [-0.1, -0.05) is 5.16 Å². The molecule has 0 fully saturated rings. The number of aromatic nitrogens is 2. The van der Waals surface area contributed by atoms with Crippen molar-refractivity contribution in [3.63, 3.8) is 0 Å². The highest BCUT2D eigenvalue weighted by Gasteiger charge is 2.14. The number of halogens is 1. The van der Waals surface area contributed by atoms with Crippen molar-refractivity contribution in [2.45, 2.75) is 26.7 Å². The van der Waals surface area contributed by atoms with Crippen LogP contribution in [0.15, 0.2) is 47.0 Å². The molecule has 0 atom stereocenters. The highest BCUT2D eigenvalue weighted by molar-refractivity contribution is 5.93. The number of esters is 1. The number of rotatable bonds is 11. The third kappa shape index (κ3) is 7.03. The van der Waals surface area contributed by atoms with E-state index in [1.165, 1.54) is 24.3 Å². The van der Waals surface area contributed by atoms with Gasteiger partial charge in [-0.2, -0.15) is 4.98 Å². The van der Waals surface area contributed by atoms with Crippen LogP contribution in [0.4, 0.5) is 10.1 Å². The molecule has 1 N–H and O–H groups in total. The van der Waals surface area contributed by atoms with Crippen molar-refractivity contribution < 1.29 is 32.7 Å². The van der Waals surface area contributed by atoms with Crippen molar-refractivity contribution in [3.8, 4) is 22.9 Å². The summed E-state index contributed by atoms with van der Waals surface area (Å²) in [6, 6.07) is 10.6. The number of amides is 1. The maximum absolute atomic E-state index is 13.0. The molecule has 0 saturated heterocycles. The van der Waals surface area contributed by atoms with E-state index in [0.717, 1.165) is 0 Å². The van der Waals surface area contributed by atoms with Crippen molar-refractivity contribution in [2.24, 2.45) is 0 Å². The normalized spacial score (nSPS) is 10.5. The number of nitrogens with zero attached hydrogens (tertiary/aromatic N) is 2. The Balaban J connectivity index is 1.45. The number of hydrogen-bond donors (Lipinski definition) is 1. The van der Waals surface area contributed by atoms with Crippen LogP contribution in [0.5, 0.6) is 11.5 Å². The average Bonchev–Trinajstić information content (AvgIpc) is 3.28. The molecule has 0 aliphatic rings. The fourth-order valence-electron chi connectivity index (χ4n) is 2.83. The quantitative estimate of drug-likeness (QED) is 0.433. The monoisotopic (exact) mass is 457 g/mol. The van der Waals surface area contributed by atoms with E-state index in [9.17, 15) is 14.0 Å². The van der Waals surface area contributed by atoms with Gasteiger partial charge >= 0.3 is 5.97 Å². The summed E-state index contributed by atoms with van der Waals surface area (Å²) >= 11 is 0. The summed E-state index contributed by atoms with van der Waals surface area (Å²) < 4.78 is 34.1. The van der Waals surface area contributed by atoms with Crippen LogP contribution in [0.3, 0.4) is 0 Å². The molecule has 0 radical (unpaired) electrons. The summed E-state index contributed by atoms with van der Waals surface area (Å²) in [5.41, 5.74) is 1.08. The van der Waals surface area contributed by atoms with Gasteiger partial charge in [-0.15, -0.1) is 0 Å². The van der Waals surface area contributed by atoms with E-state index in [1.54, 1.807) is 18.2 Å². The predicted molar refractivity (Wildman–Crippen MR) is 116 cm³/mol. The Hall–Kier alpha value is -3.95. The smallest absolute Gasteiger partial charge is 0.306 e. The zero-order chi connectivity index (χ0) is 23.6. The summed E-state index contributed by atoms with van der Waals surface area (Å²) in [5, 5.41) is 6.45. The van der Waals surface area contributed by atoms with Gasteiger partial charge in [0.15, 0.2) is 18.1 Å². The maximum atomic E-state index is 13.0. The number of benzene rings is 2. The molecule has 0 aliphatic heterocycles. The van der Waals surface area contributed by atoms with Crippen LogP contribution in [-0.2, 0) is 20.7 Å². The van der Waals surface area contributed by atoms with E-state index >= 15 is 0 Å². The second-order valence-corrected chi connectivity index (χ2v) is 6.76. The number of hydrogen-bond acceptors (Lipinski definition) is 8. The minimum Gasteiger partial charge on any atom is -0.490 e. The van der Waals surface area contributed by atoms with Crippen molar-refractivity contribution in [1.29, 1.82) is 0 Å². The zero-order valence-electron chi connectivity index (χ0n) is 18.3. The van der Waals surface area contributed by atoms with Gasteiger partial charge in [0.25, 0.3) is 5.91 Å². The molecule has 0 unspecified atom stereocenters. The number of anilines is 1. The van der Waals surface area contributed by atoms with Crippen molar-refractivity contribution in [3.05, 3.63) is 54.2 Å². The number of ether oxygens (including phenoxy) is 3. The lowest BCUT2D eigenvalue weighted by Gasteiger charge is -2.13. The number of nitrogens with one attached hydrogen (secondary N) is 1. The lowest BCUT2D eigenvalue weighted by atomic mass is 10.2. The van der Waals surface area contributed by atoms with Gasteiger partial charge < -0.3 is 24.1 Å². The first-order chi connectivity index (χ1) is 16.0. The SMILES string of the molecule is CCOc1ccc(NC(=O)COC(=O)CCc2nc(-c3ccc(F)cc3)no2)cc1OCC. The van der Waals surface area contributed by atoms with E-state index in [4.69, 9.17) is 18.7 Å². The Bertz CT molecular complexity index is 1080. The summed E-state index contributed by atoms with van der Waals surface area (Å²) in [5.74, 6) is 0.153. The zero-order valence-corrected chi connectivity index (χ0v) is 18.3. The summed E-state index contributed by atoms with van der Waals surface area (Å²) in [6.45, 7) is 4.20. The minimum atomic E-state index is -0.589. The van der Waals surface area contributed by atoms with Crippen LogP contribution in [0.2, 0.25) is 0 Å². The molecule has 3 aromatic rings. The topological polar surface area (TPSA) is 113 Å².